The van der Waals surface area contributed by atoms with Crippen molar-refractivity contribution in [2.45, 2.75) is 32.1 Å². The van der Waals surface area contributed by atoms with Gasteiger partial charge in [-0.15, -0.1) is 0 Å². The lowest BCUT2D eigenvalue weighted by molar-refractivity contribution is -0.122. The topological polar surface area (TPSA) is 46.6 Å². The number of rotatable bonds is 2. The number of benzene rings is 1. The molecule has 0 unspecified atom stereocenters. The van der Waals surface area contributed by atoms with Crippen molar-refractivity contribution >= 4 is 17.5 Å². The van der Waals surface area contributed by atoms with Crippen LogP contribution in [0.3, 0.4) is 0 Å². The standard InChI is InChI=1S/C22H23NO3/c1-26-15-9-7-14(8-10-15)23-21(24)19-16-11-12-17(20(19)22(23)25)18(16)13-5-3-2-4-6-13/h7-12,16-17,19-20H,2-6H2,1H3/t16-,17+,19-,20+. The van der Waals surface area contributed by atoms with Gasteiger partial charge in [-0.25, -0.2) is 4.90 Å². The molecule has 1 aromatic carbocycles. The van der Waals surface area contributed by atoms with E-state index in [1.54, 1.807) is 31.4 Å². The van der Waals surface area contributed by atoms with Gasteiger partial charge in [-0.2, -0.15) is 0 Å². The maximum Gasteiger partial charge on any atom is 0.238 e. The summed E-state index contributed by atoms with van der Waals surface area (Å²) >= 11 is 0. The minimum atomic E-state index is -0.205. The van der Waals surface area contributed by atoms with Gasteiger partial charge < -0.3 is 4.74 Å². The van der Waals surface area contributed by atoms with E-state index in [2.05, 4.69) is 12.2 Å². The molecular weight excluding hydrogens is 326 g/mol. The van der Waals surface area contributed by atoms with Crippen molar-refractivity contribution in [2.24, 2.45) is 23.7 Å². The summed E-state index contributed by atoms with van der Waals surface area (Å²) in [6.45, 7) is 0. The summed E-state index contributed by atoms with van der Waals surface area (Å²) in [5.74, 6) is 0.523. The molecule has 134 valence electrons. The summed E-state index contributed by atoms with van der Waals surface area (Å²) in [5, 5.41) is 0. The molecule has 3 aliphatic carbocycles. The molecule has 3 fully saturated rings. The zero-order valence-electron chi connectivity index (χ0n) is 15.0. The first kappa shape index (κ1) is 15.9. The maximum atomic E-state index is 13.2. The smallest absolute Gasteiger partial charge is 0.238 e. The first-order valence-corrected chi connectivity index (χ1v) is 9.62. The van der Waals surface area contributed by atoms with Gasteiger partial charge in [0.1, 0.15) is 5.75 Å². The van der Waals surface area contributed by atoms with Crippen LogP contribution in [0.1, 0.15) is 32.1 Å². The van der Waals surface area contributed by atoms with Gasteiger partial charge in [-0.3, -0.25) is 9.59 Å². The SMILES string of the molecule is COc1ccc(N2C(=O)[C@@H]3[C@H](C2=O)[C@@H]2C=C[C@H]3C2=C2CCCCC2)cc1. The predicted molar refractivity (Wildman–Crippen MR) is 98.7 cm³/mol. The average molecular weight is 349 g/mol. The highest BCUT2D eigenvalue weighted by molar-refractivity contribution is 6.23. The molecule has 1 saturated heterocycles. The Morgan fingerprint density at radius 1 is 0.885 bits per heavy atom. The highest BCUT2D eigenvalue weighted by Crippen LogP contribution is 2.58. The second-order valence-corrected chi connectivity index (χ2v) is 7.82. The molecule has 4 nitrogen and oxygen atoms in total. The van der Waals surface area contributed by atoms with Crippen LogP contribution in [0.15, 0.2) is 47.6 Å². The van der Waals surface area contributed by atoms with Crippen molar-refractivity contribution in [1.29, 1.82) is 0 Å². The van der Waals surface area contributed by atoms with Gasteiger partial charge in [-0.05, 0) is 49.9 Å². The summed E-state index contributed by atoms with van der Waals surface area (Å²) < 4.78 is 5.18. The van der Waals surface area contributed by atoms with E-state index in [0.29, 0.717) is 5.69 Å². The molecule has 2 amide bonds. The lowest BCUT2D eigenvalue weighted by atomic mass is 9.85. The third kappa shape index (κ3) is 2.08. The molecule has 4 aliphatic rings. The molecular formula is C22H23NO3. The number of nitrogens with zero attached hydrogens (tertiary/aromatic N) is 1. The molecule has 2 saturated carbocycles. The lowest BCUT2D eigenvalue weighted by Gasteiger charge is -2.23. The van der Waals surface area contributed by atoms with Crippen LogP contribution in [0.2, 0.25) is 0 Å². The van der Waals surface area contributed by atoms with Gasteiger partial charge >= 0.3 is 0 Å². The molecule has 5 rings (SSSR count). The third-order valence-electron chi connectivity index (χ3n) is 6.61. The minimum Gasteiger partial charge on any atom is -0.497 e. The lowest BCUT2D eigenvalue weighted by Crippen LogP contribution is -2.33. The molecule has 1 heterocycles. The van der Waals surface area contributed by atoms with Crippen molar-refractivity contribution in [1.82, 2.24) is 0 Å². The molecule has 4 atom stereocenters. The van der Waals surface area contributed by atoms with Crippen LogP contribution in [-0.4, -0.2) is 18.9 Å². The van der Waals surface area contributed by atoms with E-state index in [-0.39, 0.29) is 35.5 Å². The fourth-order valence-corrected chi connectivity index (χ4v) is 5.49. The Hall–Kier alpha value is -2.36. The number of amides is 2. The largest absolute Gasteiger partial charge is 0.497 e. The Morgan fingerprint density at radius 3 is 2.00 bits per heavy atom. The summed E-state index contributed by atoms with van der Waals surface area (Å²) in [5.41, 5.74) is 3.60. The number of hydrogen-bond acceptors (Lipinski definition) is 3. The number of carbonyl (C=O) groups is 2. The van der Waals surface area contributed by atoms with Crippen LogP contribution in [-0.2, 0) is 9.59 Å². The van der Waals surface area contributed by atoms with E-state index in [4.69, 9.17) is 4.74 Å². The quantitative estimate of drug-likeness (QED) is 0.601. The van der Waals surface area contributed by atoms with Gasteiger partial charge in [0.2, 0.25) is 11.8 Å². The number of fused-ring (bicyclic) bond motifs is 5. The van der Waals surface area contributed by atoms with Gasteiger partial charge in [0, 0.05) is 11.8 Å². The molecule has 1 aliphatic heterocycles. The normalized spacial score (nSPS) is 32.6. The Balaban J connectivity index is 1.49. The summed E-state index contributed by atoms with van der Waals surface area (Å²) in [6.07, 6.45) is 10.5. The molecule has 26 heavy (non-hydrogen) atoms. The summed E-state index contributed by atoms with van der Waals surface area (Å²) in [4.78, 5) is 27.8. The maximum absolute atomic E-state index is 13.2. The zero-order chi connectivity index (χ0) is 17.8. The average Bonchev–Trinajstić information content (AvgIpc) is 3.32. The number of anilines is 1. The number of imide groups is 1. The fraction of sp³-hybridized carbons (Fsp3) is 0.455. The Kier molecular flexibility index (Phi) is 3.56. The van der Waals surface area contributed by atoms with Crippen molar-refractivity contribution in [2.75, 3.05) is 12.0 Å². The Labute approximate surface area is 153 Å². The minimum absolute atomic E-state index is 0.0315. The second kappa shape index (κ2) is 5.83. The van der Waals surface area contributed by atoms with Crippen LogP contribution >= 0.6 is 0 Å². The van der Waals surface area contributed by atoms with Crippen LogP contribution in [0, 0.1) is 23.7 Å². The van der Waals surface area contributed by atoms with Crippen molar-refractivity contribution in [3.05, 3.63) is 47.6 Å². The molecule has 1 aromatic rings. The van der Waals surface area contributed by atoms with E-state index in [1.165, 1.54) is 35.3 Å². The third-order valence-corrected chi connectivity index (χ3v) is 6.61. The van der Waals surface area contributed by atoms with E-state index >= 15 is 0 Å². The molecule has 0 N–H and O–H groups in total. The van der Waals surface area contributed by atoms with E-state index < -0.39 is 0 Å². The molecule has 0 radical (unpaired) electrons. The monoisotopic (exact) mass is 349 g/mol. The fourth-order valence-electron chi connectivity index (χ4n) is 5.49. The van der Waals surface area contributed by atoms with Crippen molar-refractivity contribution < 1.29 is 14.3 Å². The van der Waals surface area contributed by atoms with Crippen molar-refractivity contribution in [3.63, 3.8) is 0 Å². The van der Waals surface area contributed by atoms with E-state index in [0.717, 1.165) is 18.6 Å². The molecule has 2 bridgehead atoms. The highest BCUT2D eigenvalue weighted by Gasteiger charge is 2.62. The number of carbonyl (C=O) groups excluding carboxylic acids is 2. The number of ether oxygens (including phenoxy) is 1. The van der Waals surface area contributed by atoms with Gasteiger partial charge in [0.05, 0.1) is 24.6 Å². The van der Waals surface area contributed by atoms with Crippen LogP contribution in [0.4, 0.5) is 5.69 Å². The van der Waals surface area contributed by atoms with Gasteiger partial charge in [0.25, 0.3) is 0 Å². The highest BCUT2D eigenvalue weighted by atomic mass is 16.5. The second-order valence-electron chi connectivity index (χ2n) is 7.82. The van der Waals surface area contributed by atoms with Gasteiger partial charge in [-0.1, -0.05) is 29.7 Å². The number of hydrogen-bond donors (Lipinski definition) is 0. The summed E-state index contributed by atoms with van der Waals surface area (Å²) in [6, 6.07) is 7.19. The Bertz CT molecular complexity index is 793. The molecule has 0 aromatic heterocycles. The van der Waals surface area contributed by atoms with Crippen LogP contribution < -0.4 is 9.64 Å². The van der Waals surface area contributed by atoms with Crippen LogP contribution in [0.5, 0.6) is 5.75 Å². The number of allylic oxidation sites excluding steroid dienone is 4. The number of methoxy groups -OCH3 is 1. The molecule has 4 heteroatoms. The van der Waals surface area contributed by atoms with E-state index in [9.17, 15) is 9.59 Å². The van der Waals surface area contributed by atoms with Gasteiger partial charge in [0.15, 0.2) is 0 Å². The Morgan fingerprint density at radius 2 is 1.46 bits per heavy atom. The first-order chi connectivity index (χ1) is 12.7. The van der Waals surface area contributed by atoms with E-state index in [1.807, 2.05) is 0 Å². The van der Waals surface area contributed by atoms with Crippen LogP contribution in [0.25, 0.3) is 0 Å². The zero-order valence-corrected chi connectivity index (χ0v) is 15.0. The van der Waals surface area contributed by atoms with Crippen molar-refractivity contribution in [3.8, 4) is 5.75 Å². The molecule has 0 spiro atoms. The first-order valence-electron chi connectivity index (χ1n) is 9.62. The predicted octanol–water partition coefficient (Wildman–Crippen LogP) is 3.88. The summed E-state index contributed by atoms with van der Waals surface area (Å²) in [7, 11) is 1.61.